The summed E-state index contributed by atoms with van der Waals surface area (Å²) in [7, 11) is 3.97. The summed E-state index contributed by atoms with van der Waals surface area (Å²) in [6.45, 7) is 2.40. The van der Waals surface area contributed by atoms with Gasteiger partial charge in [0, 0.05) is 61.6 Å². The van der Waals surface area contributed by atoms with E-state index < -0.39 is 0 Å². The molecule has 1 aliphatic rings. The summed E-state index contributed by atoms with van der Waals surface area (Å²) in [6, 6.07) is 26.7. The number of ketones is 1. The molecule has 6 aromatic rings. The Morgan fingerprint density at radius 2 is 1.85 bits per heavy atom. The van der Waals surface area contributed by atoms with E-state index in [1.807, 2.05) is 96.7 Å². The number of hydrogen-bond acceptors (Lipinski definition) is 8. The van der Waals surface area contributed by atoms with Crippen LogP contribution < -0.4 is 10.2 Å². The molecule has 46 heavy (non-hydrogen) atoms. The van der Waals surface area contributed by atoms with E-state index in [2.05, 4.69) is 45.5 Å². The Morgan fingerprint density at radius 1 is 1.00 bits per heavy atom. The molecule has 1 unspecified atom stereocenters. The van der Waals surface area contributed by atoms with Gasteiger partial charge in [0.25, 0.3) is 0 Å². The van der Waals surface area contributed by atoms with Gasteiger partial charge in [0.15, 0.2) is 5.78 Å². The number of nitrogens with zero attached hydrogens (tertiary/aromatic N) is 7. The topological polar surface area (TPSA) is 91.6 Å². The second kappa shape index (κ2) is 12.9. The van der Waals surface area contributed by atoms with Crippen molar-refractivity contribution in [1.29, 1.82) is 0 Å². The second-order valence-corrected chi connectivity index (χ2v) is 12.0. The number of benzene rings is 2. The van der Waals surface area contributed by atoms with Gasteiger partial charge in [-0.05, 0) is 61.8 Å². The number of aromatic nitrogens is 5. The Labute approximate surface area is 268 Å². The number of likely N-dealkylation sites (N-methyl/N-ethyl adjacent to an activating group) is 1. The molecule has 1 atom stereocenters. The SMILES string of the molecule is CN(C)C/C=C/C(=O)Cc1ccc2c(N3CCC(Nc4nccc(-c5c(-c6ccccc6)nn6ccccc56)n4)C3)nccc2c1. The van der Waals surface area contributed by atoms with Crippen molar-refractivity contribution in [3.05, 3.63) is 115 Å². The first-order valence-electron chi connectivity index (χ1n) is 15.6. The van der Waals surface area contributed by atoms with Crippen molar-refractivity contribution in [2.75, 3.05) is 43.9 Å². The van der Waals surface area contributed by atoms with Crippen molar-refractivity contribution in [1.82, 2.24) is 29.5 Å². The van der Waals surface area contributed by atoms with Gasteiger partial charge in [0.2, 0.25) is 5.95 Å². The number of nitrogens with one attached hydrogen (secondary N) is 1. The standard InChI is InChI=1S/C37H36N8O/c1-43(2)20-8-11-30(46)24-26-13-14-31-28(23-26)15-18-38-36(31)44-22-17-29(25-44)40-37-39-19-16-32(41-37)34-33-12-6-7-21-45(33)42-35(34)27-9-4-3-5-10-27/h3-16,18-19,21,23,29H,17,20,22,24-25H2,1-2H3,(H,39,40,41)/b11-8+. The molecule has 9 heteroatoms. The van der Waals surface area contributed by atoms with E-state index in [0.29, 0.717) is 12.4 Å². The summed E-state index contributed by atoms with van der Waals surface area (Å²) in [6.07, 6.45) is 10.5. The van der Waals surface area contributed by atoms with Crippen molar-refractivity contribution < 1.29 is 4.79 Å². The first kappa shape index (κ1) is 29.3. The lowest BCUT2D eigenvalue weighted by atomic mass is 10.0. The van der Waals surface area contributed by atoms with Crippen LogP contribution >= 0.6 is 0 Å². The molecular formula is C37H36N8O. The minimum absolute atomic E-state index is 0.105. The van der Waals surface area contributed by atoms with Crippen molar-refractivity contribution in [2.45, 2.75) is 18.9 Å². The van der Waals surface area contributed by atoms with Crippen LogP contribution in [-0.4, -0.2) is 75.0 Å². The molecule has 0 amide bonds. The molecule has 4 aromatic heterocycles. The highest BCUT2D eigenvalue weighted by Gasteiger charge is 2.26. The Bertz CT molecular complexity index is 2030. The molecule has 0 saturated carbocycles. The van der Waals surface area contributed by atoms with Gasteiger partial charge >= 0.3 is 0 Å². The minimum atomic E-state index is 0.105. The van der Waals surface area contributed by atoms with Gasteiger partial charge < -0.3 is 15.1 Å². The van der Waals surface area contributed by atoms with Crippen LogP contribution in [0.3, 0.4) is 0 Å². The number of allylic oxidation sites excluding steroid dienone is 1. The molecule has 1 aliphatic heterocycles. The summed E-state index contributed by atoms with van der Waals surface area (Å²) in [5.74, 6) is 1.66. The molecule has 1 saturated heterocycles. The molecule has 9 nitrogen and oxygen atoms in total. The van der Waals surface area contributed by atoms with Gasteiger partial charge in [-0.2, -0.15) is 5.10 Å². The quantitative estimate of drug-likeness (QED) is 0.192. The summed E-state index contributed by atoms with van der Waals surface area (Å²) >= 11 is 0. The van der Waals surface area contributed by atoms with Gasteiger partial charge in [-0.1, -0.05) is 60.7 Å². The van der Waals surface area contributed by atoms with Crippen molar-refractivity contribution in [2.24, 2.45) is 0 Å². The highest BCUT2D eigenvalue weighted by atomic mass is 16.1. The van der Waals surface area contributed by atoms with Crippen LogP contribution in [0.5, 0.6) is 0 Å². The number of carbonyl (C=O) groups excluding carboxylic acids is 1. The maximum absolute atomic E-state index is 12.5. The molecule has 2 aromatic carbocycles. The van der Waals surface area contributed by atoms with Crippen LogP contribution in [0.2, 0.25) is 0 Å². The fourth-order valence-corrected chi connectivity index (χ4v) is 6.10. The van der Waals surface area contributed by atoms with Crippen LogP contribution in [0.15, 0.2) is 110 Å². The molecule has 0 aliphatic carbocycles. The third-order valence-electron chi connectivity index (χ3n) is 8.28. The maximum Gasteiger partial charge on any atom is 0.223 e. The lowest BCUT2D eigenvalue weighted by Crippen LogP contribution is -2.27. The molecule has 1 fully saturated rings. The van der Waals surface area contributed by atoms with Crippen LogP contribution in [0.25, 0.3) is 38.8 Å². The summed E-state index contributed by atoms with van der Waals surface area (Å²) < 4.78 is 1.91. The second-order valence-electron chi connectivity index (χ2n) is 12.0. The number of anilines is 2. The summed E-state index contributed by atoms with van der Waals surface area (Å²) in [5, 5.41) is 10.7. The number of rotatable bonds is 10. The van der Waals surface area contributed by atoms with Crippen LogP contribution in [0.4, 0.5) is 11.8 Å². The fraction of sp³-hybridized carbons (Fsp3) is 0.216. The number of pyridine rings is 2. The van der Waals surface area contributed by atoms with Gasteiger partial charge in [-0.15, -0.1) is 0 Å². The van der Waals surface area contributed by atoms with Crippen molar-refractivity contribution in [3.8, 4) is 22.5 Å². The molecule has 0 radical (unpaired) electrons. The van der Waals surface area contributed by atoms with E-state index >= 15 is 0 Å². The monoisotopic (exact) mass is 608 g/mol. The predicted molar refractivity (Wildman–Crippen MR) is 184 cm³/mol. The molecule has 0 bridgehead atoms. The number of fused-ring (bicyclic) bond motifs is 2. The van der Waals surface area contributed by atoms with E-state index in [9.17, 15) is 4.79 Å². The van der Waals surface area contributed by atoms with Crippen molar-refractivity contribution >= 4 is 33.8 Å². The minimum Gasteiger partial charge on any atom is -0.354 e. The molecule has 1 N–H and O–H groups in total. The first-order valence-corrected chi connectivity index (χ1v) is 15.6. The largest absolute Gasteiger partial charge is 0.354 e. The van der Waals surface area contributed by atoms with E-state index in [1.54, 1.807) is 6.08 Å². The molecular weight excluding hydrogens is 572 g/mol. The smallest absolute Gasteiger partial charge is 0.223 e. The Balaban J connectivity index is 1.08. The third kappa shape index (κ3) is 6.23. The summed E-state index contributed by atoms with van der Waals surface area (Å²) in [4.78, 5) is 31.2. The van der Waals surface area contributed by atoms with Gasteiger partial charge in [0.05, 0.1) is 16.8 Å². The van der Waals surface area contributed by atoms with Crippen LogP contribution in [0, 0.1) is 0 Å². The Kier molecular flexibility index (Phi) is 8.22. The van der Waals surface area contributed by atoms with E-state index in [4.69, 9.17) is 15.1 Å². The zero-order valence-corrected chi connectivity index (χ0v) is 26.0. The normalized spacial score (nSPS) is 15.0. The Morgan fingerprint density at radius 3 is 2.72 bits per heavy atom. The maximum atomic E-state index is 12.5. The summed E-state index contributed by atoms with van der Waals surface area (Å²) in [5.41, 5.74) is 5.73. The lowest BCUT2D eigenvalue weighted by molar-refractivity contribution is -0.114. The average molecular weight is 609 g/mol. The van der Waals surface area contributed by atoms with E-state index in [1.165, 1.54) is 0 Å². The molecule has 7 rings (SSSR count). The van der Waals surface area contributed by atoms with Crippen LogP contribution in [0.1, 0.15) is 12.0 Å². The first-order chi connectivity index (χ1) is 22.5. The third-order valence-corrected chi connectivity index (χ3v) is 8.28. The van der Waals surface area contributed by atoms with Crippen molar-refractivity contribution in [3.63, 3.8) is 0 Å². The molecule has 0 spiro atoms. The fourth-order valence-electron chi connectivity index (χ4n) is 6.10. The van der Waals surface area contributed by atoms with E-state index in [0.717, 1.165) is 76.2 Å². The Hall–Kier alpha value is -5.41. The zero-order valence-electron chi connectivity index (χ0n) is 26.0. The van der Waals surface area contributed by atoms with Gasteiger partial charge in [-0.3, -0.25) is 4.79 Å². The zero-order chi connectivity index (χ0) is 31.5. The molecule has 230 valence electrons. The predicted octanol–water partition coefficient (Wildman–Crippen LogP) is 5.93. The highest BCUT2D eigenvalue weighted by Crippen LogP contribution is 2.34. The van der Waals surface area contributed by atoms with Gasteiger partial charge in [-0.25, -0.2) is 19.5 Å². The van der Waals surface area contributed by atoms with E-state index in [-0.39, 0.29) is 11.8 Å². The highest BCUT2D eigenvalue weighted by molar-refractivity contribution is 5.95. The lowest BCUT2D eigenvalue weighted by Gasteiger charge is -2.20. The number of carbonyl (C=O) groups is 1. The number of hydrogen-bond donors (Lipinski definition) is 1. The molecule has 5 heterocycles. The van der Waals surface area contributed by atoms with Gasteiger partial charge in [0.1, 0.15) is 11.5 Å². The average Bonchev–Trinajstić information content (AvgIpc) is 3.70. The van der Waals surface area contributed by atoms with Crippen LogP contribution in [-0.2, 0) is 11.2 Å².